The maximum atomic E-state index is 6.13. The van der Waals surface area contributed by atoms with Crippen LogP contribution in [0.2, 0.25) is 0 Å². The summed E-state index contributed by atoms with van der Waals surface area (Å²) in [5.74, 6) is 0.850. The van der Waals surface area contributed by atoms with Crippen LogP contribution in [0.1, 0.15) is 46.0 Å². The highest BCUT2D eigenvalue weighted by molar-refractivity contribution is 4.89. The van der Waals surface area contributed by atoms with Crippen molar-refractivity contribution in [2.75, 3.05) is 32.8 Å². The highest BCUT2D eigenvalue weighted by atomic mass is 16.5. The first-order valence-corrected chi connectivity index (χ1v) is 7.67. The summed E-state index contributed by atoms with van der Waals surface area (Å²) in [5.41, 5.74) is 6.51. The molecule has 1 saturated heterocycles. The molecule has 2 N–H and O–H groups in total. The second-order valence-electron chi connectivity index (χ2n) is 6.68. The quantitative estimate of drug-likeness (QED) is 0.839. The zero-order chi connectivity index (χ0) is 13.0. The van der Waals surface area contributed by atoms with Crippen molar-refractivity contribution in [1.29, 1.82) is 0 Å². The molecule has 2 rings (SSSR count). The zero-order valence-electron chi connectivity index (χ0n) is 12.2. The third-order valence-corrected chi connectivity index (χ3v) is 4.71. The van der Waals surface area contributed by atoms with Crippen LogP contribution in [0, 0.1) is 11.3 Å². The van der Waals surface area contributed by atoms with Gasteiger partial charge in [-0.15, -0.1) is 0 Å². The summed E-state index contributed by atoms with van der Waals surface area (Å²) in [7, 11) is 0. The van der Waals surface area contributed by atoms with Crippen LogP contribution in [0.3, 0.4) is 0 Å². The third-order valence-electron chi connectivity index (χ3n) is 4.71. The van der Waals surface area contributed by atoms with Gasteiger partial charge in [0.2, 0.25) is 0 Å². The molecule has 0 aromatic carbocycles. The maximum absolute atomic E-state index is 6.13. The second-order valence-corrected chi connectivity index (χ2v) is 6.68. The van der Waals surface area contributed by atoms with Crippen LogP contribution in [0.15, 0.2) is 0 Å². The SMILES string of the molecule is CC1CCCC(CN)(CN2CCCOC(C)C2)C1. The van der Waals surface area contributed by atoms with Crippen molar-refractivity contribution in [3.05, 3.63) is 0 Å². The Morgan fingerprint density at radius 3 is 2.89 bits per heavy atom. The van der Waals surface area contributed by atoms with Crippen molar-refractivity contribution >= 4 is 0 Å². The van der Waals surface area contributed by atoms with Gasteiger partial charge in [0.15, 0.2) is 0 Å². The van der Waals surface area contributed by atoms with Gasteiger partial charge in [0.05, 0.1) is 6.10 Å². The van der Waals surface area contributed by atoms with E-state index in [-0.39, 0.29) is 0 Å². The standard InChI is InChI=1S/C15H30N2O/c1-13-5-3-6-15(9-13,11-16)12-17-7-4-8-18-14(2)10-17/h13-14H,3-12,16H2,1-2H3. The van der Waals surface area contributed by atoms with Gasteiger partial charge in [-0.2, -0.15) is 0 Å². The number of hydrogen-bond acceptors (Lipinski definition) is 3. The first-order valence-electron chi connectivity index (χ1n) is 7.67. The van der Waals surface area contributed by atoms with E-state index >= 15 is 0 Å². The minimum atomic E-state index is 0.377. The predicted octanol–water partition coefficient (Wildman–Crippen LogP) is 2.25. The Morgan fingerprint density at radius 2 is 2.17 bits per heavy atom. The molecule has 1 heterocycles. The minimum absolute atomic E-state index is 0.377. The van der Waals surface area contributed by atoms with Crippen LogP contribution in [-0.2, 0) is 4.74 Å². The highest BCUT2D eigenvalue weighted by Crippen LogP contribution is 2.39. The molecule has 3 atom stereocenters. The molecule has 18 heavy (non-hydrogen) atoms. The summed E-state index contributed by atoms with van der Waals surface area (Å²) in [6, 6.07) is 0. The first kappa shape index (κ1) is 14.3. The van der Waals surface area contributed by atoms with E-state index in [0.29, 0.717) is 11.5 Å². The highest BCUT2D eigenvalue weighted by Gasteiger charge is 2.35. The Bertz CT molecular complexity index is 259. The number of nitrogens with two attached hydrogens (primary N) is 1. The second kappa shape index (κ2) is 6.36. The molecule has 2 fully saturated rings. The lowest BCUT2D eigenvalue weighted by Gasteiger charge is -2.42. The van der Waals surface area contributed by atoms with E-state index < -0.39 is 0 Å². The maximum Gasteiger partial charge on any atom is 0.0673 e. The molecule has 0 spiro atoms. The topological polar surface area (TPSA) is 38.5 Å². The van der Waals surface area contributed by atoms with Crippen LogP contribution in [0.4, 0.5) is 0 Å². The average molecular weight is 254 g/mol. The Hall–Kier alpha value is -0.120. The van der Waals surface area contributed by atoms with Crippen LogP contribution in [0.25, 0.3) is 0 Å². The summed E-state index contributed by atoms with van der Waals surface area (Å²) in [6.07, 6.45) is 6.93. The molecule has 0 bridgehead atoms. The fourth-order valence-corrected chi connectivity index (χ4v) is 3.86. The number of hydrogen-bond donors (Lipinski definition) is 1. The minimum Gasteiger partial charge on any atom is -0.377 e. The van der Waals surface area contributed by atoms with Crippen LogP contribution >= 0.6 is 0 Å². The predicted molar refractivity (Wildman–Crippen MR) is 75.6 cm³/mol. The molecule has 3 heteroatoms. The Morgan fingerprint density at radius 1 is 1.33 bits per heavy atom. The van der Waals surface area contributed by atoms with Gasteiger partial charge < -0.3 is 15.4 Å². The molecule has 0 aromatic rings. The molecule has 2 aliphatic rings. The lowest BCUT2D eigenvalue weighted by atomic mass is 9.69. The van der Waals surface area contributed by atoms with Gasteiger partial charge in [-0.05, 0) is 44.1 Å². The summed E-state index contributed by atoms with van der Waals surface area (Å²) in [5, 5.41) is 0. The summed E-state index contributed by atoms with van der Waals surface area (Å²) >= 11 is 0. The molecule has 106 valence electrons. The van der Waals surface area contributed by atoms with Crippen molar-refractivity contribution in [2.45, 2.75) is 52.1 Å². The zero-order valence-corrected chi connectivity index (χ0v) is 12.2. The molecule has 0 aromatic heterocycles. The third kappa shape index (κ3) is 3.69. The average Bonchev–Trinajstić information content (AvgIpc) is 2.53. The van der Waals surface area contributed by atoms with Crippen LogP contribution < -0.4 is 5.73 Å². The van der Waals surface area contributed by atoms with Crippen molar-refractivity contribution < 1.29 is 4.74 Å². The van der Waals surface area contributed by atoms with E-state index in [1.807, 2.05) is 0 Å². The number of nitrogens with zero attached hydrogens (tertiary/aromatic N) is 1. The molecule has 1 saturated carbocycles. The molecular formula is C15H30N2O. The molecular weight excluding hydrogens is 224 g/mol. The first-order chi connectivity index (χ1) is 8.63. The van der Waals surface area contributed by atoms with E-state index in [1.54, 1.807) is 0 Å². The lowest BCUT2D eigenvalue weighted by molar-refractivity contribution is 0.0483. The summed E-state index contributed by atoms with van der Waals surface area (Å²) in [4.78, 5) is 2.60. The molecule has 1 aliphatic carbocycles. The van der Waals surface area contributed by atoms with Gasteiger partial charge in [0.25, 0.3) is 0 Å². The Kier molecular flexibility index (Phi) is 5.05. The van der Waals surface area contributed by atoms with Gasteiger partial charge in [-0.3, -0.25) is 0 Å². The Labute approximate surface area is 112 Å². The monoisotopic (exact) mass is 254 g/mol. The fourth-order valence-electron chi connectivity index (χ4n) is 3.86. The van der Waals surface area contributed by atoms with Gasteiger partial charge in [-0.25, -0.2) is 0 Å². The molecule has 1 aliphatic heterocycles. The fraction of sp³-hybridized carbons (Fsp3) is 1.00. The molecule has 0 radical (unpaired) electrons. The van der Waals surface area contributed by atoms with Gasteiger partial charge in [-0.1, -0.05) is 19.8 Å². The van der Waals surface area contributed by atoms with E-state index in [4.69, 9.17) is 10.5 Å². The van der Waals surface area contributed by atoms with Crippen molar-refractivity contribution in [3.63, 3.8) is 0 Å². The van der Waals surface area contributed by atoms with E-state index in [1.165, 1.54) is 45.2 Å². The van der Waals surface area contributed by atoms with Crippen molar-refractivity contribution in [1.82, 2.24) is 4.90 Å². The molecule has 0 amide bonds. The van der Waals surface area contributed by atoms with Gasteiger partial charge >= 0.3 is 0 Å². The molecule has 3 nitrogen and oxygen atoms in total. The van der Waals surface area contributed by atoms with E-state index in [0.717, 1.165) is 25.6 Å². The Balaban J connectivity index is 1.95. The van der Waals surface area contributed by atoms with E-state index in [9.17, 15) is 0 Å². The van der Waals surface area contributed by atoms with Crippen LogP contribution in [0.5, 0.6) is 0 Å². The van der Waals surface area contributed by atoms with Gasteiger partial charge in [0, 0.05) is 26.2 Å². The van der Waals surface area contributed by atoms with Crippen LogP contribution in [-0.4, -0.2) is 43.8 Å². The van der Waals surface area contributed by atoms with E-state index in [2.05, 4.69) is 18.7 Å². The number of ether oxygens (including phenoxy) is 1. The van der Waals surface area contributed by atoms with Gasteiger partial charge in [0.1, 0.15) is 0 Å². The largest absolute Gasteiger partial charge is 0.377 e. The summed E-state index contributed by atoms with van der Waals surface area (Å²) in [6.45, 7) is 9.79. The summed E-state index contributed by atoms with van der Waals surface area (Å²) < 4.78 is 5.74. The lowest BCUT2D eigenvalue weighted by Crippen LogP contribution is -2.46. The van der Waals surface area contributed by atoms with Crippen molar-refractivity contribution in [2.24, 2.45) is 17.1 Å². The van der Waals surface area contributed by atoms with Crippen molar-refractivity contribution in [3.8, 4) is 0 Å². The molecule has 3 unspecified atom stereocenters. The smallest absolute Gasteiger partial charge is 0.0673 e. The normalized spacial score (nSPS) is 39.5. The number of rotatable bonds is 3.